The Morgan fingerprint density at radius 2 is 1.84 bits per heavy atom. The molecule has 2 N–H and O–H groups in total. The molecule has 3 heteroatoms. The number of hydrogen-bond acceptors (Lipinski definition) is 2. The Morgan fingerprint density at radius 3 is 2.42 bits per heavy atom. The Kier molecular flexibility index (Phi) is 4.74. The maximum absolute atomic E-state index is 5.90. The highest BCUT2D eigenvalue weighted by atomic mass is 15.3. The Hall–Kier alpha value is -1.61. The van der Waals surface area contributed by atoms with Gasteiger partial charge < -0.3 is 5.73 Å². The van der Waals surface area contributed by atoms with Gasteiger partial charge in [0, 0.05) is 12.2 Å². The second-order valence-corrected chi connectivity index (χ2v) is 5.38. The maximum Gasteiger partial charge on any atom is 0.0628 e. The van der Waals surface area contributed by atoms with Gasteiger partial charge in [-0.15, -0.1) is 0 Å². The first-order valence-corrected chi connectivity index (χ1v) is 6.97. The zero-order valence-electron chi connectivity index (χ0n) is 11.8. The second kappa shape index (κ2) is 6.53. The minimum absolute atomic E-state index is 0.416. The highest BCUT2D eigenvalue weighted by Crippen LogP contribution is 2.14. The number of nitrogens with zero attached hydrogens (tertiary/aromatic N) is 2. The van der Waals surface area contributed by atoms with E-state index < -0.39 is 0 Å². The molecule has 0 aliphatic heterocycles. The van der Waals surface area contributed by atoms with E-state index in [1.54, 1.807) is 0 Å². The average Bonchev–Trinajstić information content (AvgIpc) is 2.88. The molecular formula is C16H23N3. The molecule has 0 saturated heterocycles. The van der Waals surface area contributed by atoms with Crippen LogP contribution in [0, 0.1) is 5.92 Å². The summed E-state index contributed by atoms with van der Waals surface area (Å²) in [5.74, 6) is 0.456. The molecule has 0 amide bonds. The third-order valence-electron chi connectivity index (χ3n) is 3.39. The van der Waals surface area contributed by atoms with Crippen LogP contribution in [-0.4, -0.2) is 16.3 Å². The Bertz CT molecular complexity index is 488. The van der Waals surface area contributed by atoms with Crippen LogP contribution in [0.4, 0.5) is 0 Å². The minimum atomic E-state index is 0.416. The van der Waals surface area contributed by atoms with E-state index in [4.69, 9.17) is 5.73 Å². The van der Waals surface area contributed by atoms with E-state index in [9.17, 15) is 0 Å². The van der Waals surface area contributed by atoms with Crippen LogP contribution in [-0.2, 0) is 12.8 Å². The fourth-order valence-corrected chi connectivity index (χ4v) is 2.26. The standard InChI is InChI=1S/C16H23N3/c1-13(2)19-9-8-16(18-19)11-15(12-17)10-14-6-4-3-5-7-14/h3-9,13,15H,10-12,17H2,1-2H3. The van der Waals surface area contributed by atoms with E-state index in [1.807, 2.05) is 10.7 Å². The molecule has 2 rings (SSSR count). The number of aromatic nitrogens is 2. The van der Waals surface area contributed by atoms with Crippen molar-refractivity contribution >= 4 is 0 Å². The SMILES string of the molecule is CC(C)n1ccc(CC(CN)Cc2ccccc2)n1. The molecule has 3 nitrogen and oxygen atoms in total. The highest BCUT2D eigenvalue weighted by Gasteiger charge is 2.11. The lowest BCUT2D eigenvalue weighted by atomic mass is 9.95. The fraction of sp³-hybridized carbons (Fsp3) is 0.438. The molecule has 1 aromatic heterocycles. The van der Waals surface area contributed by atoms with E-state index in [1.165, 1.54) is 5.56 Å². The van der Waals surface area contributed by atoms with Crippen molar-refractivity contribution < 1.29 is 0 Å². The normalized spacial score (nSPS) is 12.8. The topological polar surface area (TPSA) is 43.8 Å². The molecule has 0 spiro atoms. The van der Waals surface area contributed by atoms with Crippen LogP contribution in [0.3, 0.4) is 0 Å². The lowest BCUT2D eigenvalue weighted by Crippen LogP contribution is -2.19. The smallest absolute Gasteiger partial charge is 0.0628 e. The van der Waals surface area contributed by atoms with Crippen molar-refractivity contribution in [1.29, 1.82) is 0 Å². The minimum Gasteiger partial charge on any atom is -0.330 e. The van der Waals surface area contributed by atoms with E-state index in [-0.39, 0.29) is 0 Å². The average molecular weight is 257 g/mol. The van der Waals surface area contributed by atoms with Gasteiger partial charge in [-0.05, 0) is 50.8 Å². The first-order chi connectivity index (χ1) is 9.19. The van der Waals surface area contributed by atoms with E-state index >= 15 is 0 Å². The van der Waals surface area contributed by atoms with Gasteiger partial charge in [-0.3, -0.25) is 4.68 Å². The molecule has 19 heavy (non-hydrogen) atoms. The number of hydrogen-bond donors (Lipinski definition) is 1. The van der Waals surface area contributed by atoms with Gasteiger partial charge in [-0.1, -0.05) is 30.3 Å². The monoisotopic (exact) mass is 257 g/mol. The molecule has 0 saturated carbocycles. The third kappa shape index (κ3) is 3.93. The number of benzene rings is 1. The first kappa shape index (κ1) is 13.8. The summed E-state index contributed by atoms with van der Waals surface area (Å²) in [4.78, 5) is 0. The van der Waals surface area contributed by atoms with Gasteiger partial charge in [0.25, 0.3) is 0 Å². The molecule has 1 aromatic carbocycles. The summed E-state index contributed by atoms with van der Waals surface area (Å²) in [5, 5.41) is 4.60. The first-order valence-electron chi connectivity index (χ1n) is 6.97. The molecule has 2 aromatic rings. The van der Waals surface area contributed by atoms with E-state index in [2.05, 4.69) is 55.5 Å². The molecule has 0 fully saturated rings. The Balaban J connectivity index is 1.98. The number of rotatable bonds is 6. The highest BCUT2D eigenvalue weighted by molar-refractivity contribution is 5.16. The molecular weight excluding hydrogens is 234 g/mol. The van der Waals surface area contributed by atoms with E-state index in [0.29, 0.717) is 18.5 Å². The van der Waals surface area contributed by atoms with Crippen molar-refractivity contribution in [2.24, 2.45) is 11.7 Å². The number of nitrogens with two attached hydrogens (primary N) is 1. The van der Waals surface area contributed by atoms with Crippen molar-refractivity contribution in [3.05, 3.63) is 53.9 Å². The third-order valence-corrected chi connectivity index (χ3v) is 3.39. The van der Waals surface area contributed by atoms with Gasteiger partial charge in [0.2, 0.25) is 0 Å². The Labute approximate surface area is 115 Å². The summed E-state index contributed by atoms with van der Waals surface area (Å²) in [7, 11) is 0. The van der Waals surface area contributed by atoms with Crippen molar-refractivity contribution in [2.75, 3.05) is 6.54 Å². The summed E-state index contributed by atoms with van der Waals surface area (Å²) >= 11 is 0. The summed E-state index contributed by atoms with van der Waals surface area (Å²) in [6.45, 7) is 4.98. The zero-order valence-corrected chi connectivity index (χ0v) is 11.8. The van der Waals surface area contributed by atoms with Gasteiger partial charge >= 0.3 is 0 Å². The Morgan fingerprint density at radius 1 is 1.11 bits per heavy atom. The van der Waals surface area contributed by atoms with Crippen molar-refractivity contribution in [3.8, 4) is 0 Å². The van der Waals surface area contributed by atoms with Crippen LogP contribution in [0.1, 0.15) is 31.1 Å². The predicted molar refractivity (Wildman–Crippen MR) is 79.0 cm³/mol. The fourth-order valence-electron chi connectivity index (χ4n) is 2.26. The van der Waals surface area contributed by atoms with Gasteiger partial charge in [-0.2, -0.15) is 5.10 Å². The van der Waals surface area contributed by atoms with Crippen molar-refractivity contribution in [3.63, 3.8) is 0 Å². The van der Waals surface area contributed by atoms with Gasteiger partial charge in [0.1, 0.15) is 0 Å². The van der Waals surface area contributed by atoms with Crippen LogP contribution in [0.15, 0.2) is 42.6 Å². The lowest BCUT2D eigenvalue weighted by Gasteiger charge is -2.13. The molecule has 0 aliphatic rings. The summed E-state index contributed by atoms with van der Waals surface area (Å²) < 4.78 is 2.01. The predicted octanol–water partition coefficient (Wildman–Crippen LogP) is 2.82. The molecule has 0 bridgehead atoms. The van der Waals surface area contributed by atoms with Crippen LogP contribution < -0.4 is 5.73 Å². The molecule has 1 atom stereocenters. The van der Waals surface area contributed by atoms with E-state index in [0.717, 1.165) is 18.5 Å². The molecule has 1 heterocycles. The van der Waals surface area contributed by atoms with Crippen LogP contribution in [0.25, 0.3) is 0 Å². The summed E-state index contributed by atoms with van der Waals surface area (Å²) in [6, 6.07) is 13.1. The molecule has 0 radical (unpaired) electrons. The van der Waals surface area contributed by atoms with Gasteiger partial charge in [0.15, 0.2) is 0 Å². The van der Waals surface area contributed by atoms with Crippen LogP contribution >= 0.6 is 0 Å². The lowest BCUT2D eigenvalue weighted by molar-refractivity contribution is 0.497. The van der Waals surface area contributed by atoms with Gasteiger partial charge in [0.05, 0.1) is 5.69 Å². The zero-order chi connectivity index (χ0) is 13.7. The maximum atomic E-state index is 5.90. The quantitative estimate of drug-likeness (QED) is 0.864. The molecule has 102 valence electrons. The summed E-state index contributed by atoms with van der Waals surface area (Å²) in [5.41, 5.74) is 8.39. The van der Waals surface area contributed by atoms with Crippen molar-refractivity contribution in [2.45, 2.75) is 32.7 Å². The van der Waals surface area contributed by atoms with Crippen LogP contribution in [0.2, 0.25) is 0 Å². The van der Waals surface area contributed by atoms with Gasteiger partial charge in [-0.25, -0.2) is 0 Å². The summed E-state index contributed by atoms with van der Waals surface area (Å²) in [6.07, 6.45) is 4.02. The van der Waals surface area contributed by atoms with Crippen LogP contribution in [0.5, 0.6) is 0 Å². The van der Waals surface area contributed by atoms with Crippen molar-refractivity contribution in [1.82, 2.24) is 9.78 Å². The largest absolute Gasteiger partial charge is 0.330 e. The molecule has 1 unspecified atom stereocenters. The molecule has 0 aliphatic carbocycles. The second-order valence-electron chi connectivity index (χ2n) is 5.38.